The number of aliphatic carboxylic acids is 1. The number of amides is 2. The first-order valence-corrected chi connectivity index (χ1v) is 13.0. The molecular weight excluding hydrogens is 507 g/mol. The van der Waals surface area contributed by atoms with Crippen molar-refractivity contribution in [2.24, 2.45) is 0 Å². The van der Waals surface area contributed by atoms with Gasteiger partial charge in [-0.3, -0.25) is 14.4 Å². The number of carboxylic acids is 1. The molecule has 0 radical (unpaired) electrons. The van der Waals surface area contributed by atoms with Gasteiger partial charge in [0.25, 0.3) is 11.8 Å². The summed E-state index contributed by atoms with van der Waals surface area (Å²) < 4.78 is 13.4. The first-order chi connectivity index (χ1) is 19.2. The Morgan fingerprint density at radius 1 is 0.825 bits per heavy atom. The lowest BCUT2D eigenvalue weighted by molar-refractivity contribution is -0.137. The number of hydrogen-bond acceptors (Lipinski definition) is 3. The van der Waals surface area contributed by atoms with E-state index < -0.39 is 11.8 Å². The lowest BCUT2D eigenvalue weighted by Crippen LogP contribution is -2.33. The van der Waals surface area contributed by atoms with Gasteiger partial charge in [0, 0.05) is 24.2 Å². The third-order valence-corrected chi connectivity index (χ3v) is 6.71. The first kappa shape index (κ1) is 28.2. The minimum atomic E-state index is -1.03. The number of aryl methyl sites for hydroxylation is 1. The Labute approximate surface area is 233 Å². The highest BCUT2D eigenvalue weighted by Crippen LogP contribution is 2.29. The average Bonchev–Trinajstić information content (AvgIpc) is 2.96. The Balaban J connectivity index is 1.65. The third-order valence-electron chi connectivity index (χ3n) is 6.71. The van der Waals surface area contributed by atoms with Crippen LogP contribution in [0.5, 0.6) is 0 Å². The number of nitrogens with zero attached hydrogens (tertiary/aromatic N) is 1. The molecule has 4 rings (SSSR count). The van der Waals surface area contributed by atoms with Crippen LogP contribution in [0.25, 0.3) is 11.1 Å². The minimum Gasteiger partial charge on any atom is -0.481 e. The molecule has 0 aromatic heterocycles. The summed E-state index contributed by atoms with van der Waals surface area (Å²) >= 11 is 0. The van der Waals surface area contributed by atoms with Gasteiger partial charge in [0.1, 0.15) is 5.82 Å². The van der Waals surface area contributed by atoms with Crippen molar-refractivity contribution in [2.45, 2.75) is 32.9 Å². The number of rotatable bonds is 10. The van der Waals surface area contributed by atoms with Crippen molar-refractivity contribution in [3.05, 3.63) is 131 Å². The van der Waals surface area contributed by atoms with Gasteiger partial charge in [-0.25, -0.2) is 4.39 Å². The van der Waals surface area contributed by atoms with Crippen LogP contribution in [0.4, 0.5) is 4.39 Å². The molecule has 0 heterocycles. The number of carbonyl (C=O) groups excluding carboxylic acids is 2. The highest BCUT2D eigenvalue weighted by Gasteiger charge is 2.23. The Hall–Kier alpha value is -4.78. The molecule has 204 valence electrons. The van der Waals surface area contributed by atoms with Gasteiger partial charge < -0.3 is 15.3 Å². The normalized spacial score (nSPS) is 11.5. The van der Waals surface area contributed by atoms with Crippen molar-refractivity contribution in [3.8, 4) is 11.1 Å². The fourth-order valence-corrected chi connectivity index (χ4v) is 4.50. The zero-order valence-electron chi connectivity index (χ0n) is 22.4. The minimum absolute atomic E-state index is 0.0317. The van der Waals surface area contributed by atoms with Crippen LogP contribution in [-0.4, -0.2) is 34.3 Å². The second-order valence-electron chi connectivity index (χ2n) is 9.69. The Bertz CT molecular complexity index is 1500. The zero-order chi connectivity index (χ0) is 28.6. The van der Waals surface area contributed by atoms with E-state index in [1.807, 2.05) is 38.1 Å². The summed E-state index contributed by atoms with van der Waals surface area (Å²) in [6.07, 6.45) is -0.245. The smallest absolute Gasteiger partial charge is 0.305 e. The average molecular weight is 539 g/mol. The summed E-state index contributed by atoms with van der Waals surface area (Å²) in [7, 11) is 0. The summed E-state index contributed by atoms with van der Waals surface area (Å²) in [6.45, 7) is 4.00. The molecule has 0 saturated carbocycles. The van der Waals surface area contributed by atoms with Gasteiger partial charge in [0.05, 0.1) is 12.5 Å². The van der Waals surface area contributed by atoms with Gasteiger partial charge in [0.15, 0.2) is 0 Å². The van der Waals surface area contributed by atoms with Gasteiger partial charge in [-0.1, -0.05) is 78.4 Å². The van der Waals surface area contributed by atoms with Crippen molar-refractivity contribution in [3.63, 3.8) is 0 Å². The topological polar surface area (TPSA) is 86.7 Å². The molecule has 0 unspecified atom stereocenters. The van der Waals surface area contributed by atoms with E-state index in [2.05, 4.69) is 5.32 Å². The second-order valence-corrected chi connectivity index (χ2v) is 9.69. The number of carboxylic acid groups (broad SMARTS) is 1. The van der Waals surface area contributed by atoms with Crippen LogP contribution in [0, 0.1) is 12.7 Å². The van der Waals surface area contributed by atoms with E-state index in [1.54, 1.807) is 60.7 Å². The molecule has 1 atom stereocenters. The van der Waals surface area contributed by atoms with Gasteiger partial charge in [-0.05, 0) is 60.4 Å². The number of halogens is 1. The summed E-state index contributed by atoms with van der Waals surface area (Å²) in [4.78, 5) is 40.1. The van der Waals surface area contributed by atoms with Crippen LogP contribution < -0.4 is 5.32 Å². The third kappa shape index (κ3) is 6.99. The SMILES string of the molecule is Cc1ccc([C@@H](C)NC(=O)c2ccccc2-c2ccccc2C(=O)N(CCC(=O)O)Cc2ccc(F)cc2)cc1. The summed E-state index contributed by atoms with van der Waals surface area (Å²) in [5.41, 5.74) is 4.66. The molecule has 0 aliphatic carbocycles. The van der Waals surface area contributed by atoms with Gasteiger partial charge in [0.2, 0.25) is 0 Å². The van der Waals surface area contributed by atoms with Crippen LogP contribution >= 0.6 is 0 Å². The highest BCUT2D eigenvalue weighted by molar-refractivity contribution is 6.06. The molecule has 2 amide bonds. The fourth-order valence-electron chi connectivity index (χ4n) is 4.50. The van der Waals surface area contributed by atoms with E-state index in [1.165, 1.54) is 17.0 Å². The number of carbonyl (C=O) groups is 3. The van der Waals surface area contributed by atoms with E-state index in [4.69, 9.17) is 0 Å². The molecule has 7 heteroatoms. The molecule has 0 fully saturated rings. The molecular formula is C33H31FN2O4. The molecule has 0 aliphatic rings. The fraction of sp³-hybridized carbons (Fsp3) is 0.182. The van der Waals surface area contributed by atoms with Gasteiger partial charge in [-0.15, -0.1) is 0 Å². The predicted octanol–water partition coefficient (Wildman–Crippen LogP) is 6.41. The Morgan fingerprint density at radius 2 is 1.40 bits per heavy atom. The van der Waals surface area contributed by atoms with Crippen molar-refractivity contribution < 1.29 is 23.9 Å². The van der Waals surface area contributed by atoms with Gasteiger partial charge in [-0.2, -0.15) is 0 Å². The van der Waals surface area contributed by atoms with Crippen LogP contribution in [0.1, 0.15) is 56.8 Å². The van der Waals surface area contributed by atoms with E-state index in [9.17, 15) is 23.9 Å². The molecule has 6 nitrogen and oxygen atoms in total. The van der Waals surface area contributed by atoms with Crippen LogP contribution in [0.15, 0.2) is 97.1 Å². The molecule has 0 aliphatic heterocycles. The summed E-state index contributed by atoms with van der Waals surface area (Å²) in [6, 6.07) is 27.5. The van der Waals surface area contributed by atoms with Crippen molar-refractivity contribution in [2.75, 3.05) is 6.54 Å². The highest BCUT2D eigenvalue weighted by atomic mass is 19.1. The van der Waals surface area contributed by atoms with Crippen LogP contribution in [0.3, 0.4) is 0 Å². The standard InChI is InChI=1S/C33H31FN2O4/c1-22-11-15-25(16-12-22)23(2)35-32(39)29-9-5-3-7-27(29)28-8-4-6-10-30(28)33(40)36(20-19-31(37)38)21-24-13-17-26(34)18-14-24/h3-18,23H,19-21H2,1-2H3,(H,35,39)(H,37,38)/t23-/m1/s1. The molecule has 4 aromatic carbocycles. The molecule has 0 spiro atoms. The maximum atomic E-state index is 13.9. The maximum Gasteiger partial charge on any atom is 0.305 e. The Kier molecular flexibility index (Phi) is 9.07. The lowest BCUT2D eigenvalue weighted by Gasteiger charge is -2.24. The maximum absolute atomic E-state index is 13.9. The second kappa shape index (κ2) is 12.8. The quantitative estimate of drug-likeness (QED) is 0.244. The van der Waals surface area contributed by atoms with E-state index in [0.717, 1.165) is 11.1 Å². The van der Waals surface area contributed by atoms with Crippen molar-refractivity contribution >= 4 is 17.8 Å². The van der Waals surface area contributed by atoms with E-state index in [-0.39, 0.29) is 37.4 Å². The first-order valence-electron chi connectivity index (χ1n) is 13.0. The molecule has 0 bridgehead atoms. The van der Waals surface area contributed by atoms with Gasteiger partial charge >= 0.3 is 5.97 Å². The molecule has 2 N–H and O–H groups in total. The van der Waals surface area contributed by atoms with Crippen molar-refractivity contribution in [1.82, 2.24) is 10.2 Å². The van der Waals surface area contributed by atoms with Crippen molar-refractivity contribution in [1.29, 1.82) is 0 Å². The number of hydrogen-bond donors (Lipinski definition) is 2. The zero-order valence-corrected chi connectivity index (χ0v) is 22.4. The molecule has 40 heavy (non-hydrogen) atoms. The number of benzene rings is 4. The van der Waals surface area contributed by atoms with E-state index >= 15 is 0 Å². The summed E-state index contributed by atoms with van der Waals surface area (Å²) in [5, 5.41) is 12.3. The van der Waals surface area contributed by atoms with Crippen LogP contribution in [0.2, 0.25) is 0 Å². The van der Waals surface area contributed by atoms with Crippen LogP contribution in [-0.2, 0) is 11.3 Å². The van der Waals surface area contributed by atoms with E-state index in [0.29, 0.717) is 27.8 Å². The largest absolute Gasteiger partial charge is 0.481 e. The number of nitrogens with one attached hydrogen (secondary N) is 1. The lowest BCUT2D eigenvalue weighted by atomic mass is 9.94. The monoisotopic (exact) mass is 538 g/mol. The predicted molar refractivity (Wildman–Crippen MR) is 152 cm³/mol. The Morgan fingerprint density at radius 3 is 2.02 bits per heavy atom. The molecule has 0 saturated heterocycles. The molecule has 4 aromatic rings. The summed E-state index contributed by atoms with van der Waals surface area (Å²) in [5.74, 6) is -2.09.